The van der Waals surface area contributed by atoms with Crippen molar-refractivity contribution in [3.8, 4) is 0 Å². The van der Waals surface area contributed by atoms with Crippen LogP contribution in [0.1, 0.15) is 32.0 Å². The van der Waals surface area contributed by atoms with Gasteiger partial charge in [0.25, 0.3) is 0 Å². The normalized spacial score (nSPS) is 12.2. The second kappa shape index (κ2) is 6.72. The van der Waals surface area contributed by atoms with Crippen molar-refractivity contribution in [3.05, 3.63) is 11.7 Å². The molecule has 0 fully saturated rings. The molecule has 8 heteroatoms. The number of carboxylic acid groups (broad SMARTS) is 1. The number of carbonyl (C=O) groups excluding carboxylic acids is 1. The monoisotopic (exact) mass is 270 g/mol. The molecule has 2 amide bonds. The summed E-state index contributed by atoms with van der Waals surface area (Å²) >= 11 is 0. The molecule has 0 saturated carbocycles. The highest BCUT2D eigenvalue weighted by molar-refractivity contribution is 5.82. The third-order valence-electron chi connectivity index (χ3n) is 2.28. The van der Waals surface area contributed by atoms with E-state index in [4.69, 9.17) is 9.63 Å². The van der Waals surface area contributed by atoms with Crippen LogP contribution in [0.4, 0.5) is 4.79 Å². The van der Waals surface area contributed by atoms with Gasteiger partial charge < -0.3 is 20.3 Å². The molecule has 3 N–H and O–H groups in total. The molecule has 1 rings (SSSR count). The molecule has 0 bridgehead atoms. The number of nitrogens with zero attached hydrogens (tertiary/aromatic N) is 2. The van der Waals surface area contributed by atoms with Gasteiger partial charge in [-0.1, -0.05) is 19.0 Å². The number of carbonyl (C=O) groups is 2. The smallest absolute Gasteiger partial charge is 0.326 e. The summed E-state index contributed by atoms with van der Waals surface area (Å²) in [5.41, 5.74) is 0. The van der Waals surface area contributed by atoms with Gasteiger partial charge in [0, 0.05) is 0 Å². The maximum Gasteiger partial charge on any atom is 0.326 e. The fraction of sp³-hybridized carbons (Fsp3) is 0.636. The first-order valence-electron chi connectivity index (χ1n) is 5.95. The van der Waals surface area contributed by atoms with Crippen molar-refractivity contribution in [1.29, 1.82) is 0 Å². The minimum atomic E-state index is -1.06. The average molecular weight is 270 g/mol. The van der Waals surface area contributed by atoms with Crippen LogP contribution in [0.15, 0.2) is 4.52 Å². The van der Waals surface area contributed by atoms with Gasteiger partial charge in [0.05, 0.1) is 6.54 Å². The van der Waals surface area contributed by atoms with Gasteiger partial charge in [-0.05, 0) is 19.3 Å². The number of aromatic nitrogens is 2. The summed E-state index contributed by atoms with van der Waals surface area (Å²) in [7, 11) is 0. The zero-order valence-corrected chi connectivity index (χ0v) is 11.1. The number of aliphatic carboxylic acids is 1. The van der Waals surface area contributed by atoms with Crippen molar-refractivity contribution in [1.82, 2.24) is 20.8 Å². The quantitative estimate of drug-likeness (QED) is 0.699. The first-order valence-corrected chi connectivity index (χ1v) is 5.95. The molecule has 8 nitrogen and oxygen atoms in total. The second-order valence-corrected chi connectivity index (χ2v) is 4.58. The minimum absolute atomic E-state index is 0.0562. The summed E-state index contributed by atoms with van der Waals surface area (Å²) in [6, 6.07) is -1.49. The molecule has 0 radical (unpaired) electrons. The van der Waals surface area contributed by atoms with Crippen LogP contribution in [0.3, 0.4) is 0 Å². The van der Waals surface area contributed by atoms with E-state index < -0.39 is 18.0 Å². The maximum atomic E-state index is 11.5. The largest absolute Gasteiger partial charge is 0.480 e. The van der Waals surface area contributed by atoms with E-state index in [0.29, 0.717) is 12.2 Å². The lowest BCUT2D eigenvalue weighted by molar-refractivity contribution is -0.139. The summed E-state index contributed by atoms with van der Waals surface area (Å²) in [5, 5.41) is 17.4. The molecular formula is C11H18N4O4. The Bertz CT molecular complexity index is 444. The Morgan fingerprint density at radius 3 is 2.58 bits per heavy atom. The number of nitrogens with one attached hydrogen (secondary N) is 2. The van der Waals surface area contributed by atoms with Crippen LogP contribution in [0.5, 0.6) is 0 Å². The zero-order chi connectivity index (χ0) is 14.4. The van der Waals surface area contributed by atoms with Crippen molar-refractivity contribution < 1.29 is 19.2 Å². The Labute approximate surface area is 110 Å². The molecular weight excluding hydrogens is 252 g/mol. The van der Waals surface area contributed by atoms with Crippen molar-refractivity contribution >= 4 is 12.0 Å². The number of amides is 2. The molecule has 0 saturated heterocycles. The molecule has 0 aliphatic carbocycles. The second-order valence-electron chi connectivity index (χ2n) is 4.58. The lowest BCUT2D eigenvalue weighted by atomic mass is 10.0. The van der Waals surface area contributed by atoms with Gasteiger partial charge in [0.2, 0.25) is 5.89 Å². The highest BCUT2D eigenvalue weighted by Gasteiger charge is 2.21. The van der Waals surface area contributed by atoms with E-state index in [1.807, 2.05) is 13.8 Å². The molecule has 0 spiro atoms. The van der Waals surface area contributed by atoms with Gasteiger partial charge >= 0.3 is 12.0 Å². The lowest BCUT2D eigenvalue weighted by Crippen LogP contribution is -2.46. The van der Waals surface area contributed by atoms with Gasteiger partial charge in [-0.2, -0.15) is 4.98 Å². The van der Waals surface area contributed by atoms with Crippen LogP contribution in [0, 0.1) is 12.8 Å². The fourth-order valence-electron chi connectivity index (χ4n) is 1.47. The predicted molar refractivity (Wildman–Crippen MR) is 65.3 cm³/mol. The Hall–Kier alpha value is -2.12. The van der Waals surface area contributed by atoms with Crippen LogP contribution in [-0.4, -0.2) is 33.3 Å². The molecule has 1 aromatic rings. The van der Waals surface area contributed by atoms with E-state index in [9.17, 15) is 9.59 Å². The molecule has 106 valence electrons. The summed E-state index contributed by atoms with van der Waals surface area (Å²) in [4.78, 5) is 26.4. The predicted octanol–water partition coefficient (Wildman–Crippen LogP) is 0.677. The van der Waals surface area contributed by atoms with E-state index in [-0.39, 0.29) is 18.4 Å². The highest BCUT2D eigenvalue weighted by atomic mass is 16.5. The van der Waals surface area contributed by atoms with Gasteiger partial charge in [0.15, 0.2) is 5.82 Å². The van der Waals surface area contributed by atoms with Gasteiger partial charge in [-0.15, -0.1) is 0 Å². The van der Waals surface area contributed by atoms with Crippen molar-refractivity contribution in [2.24, 2.45) is 5.92 Å². The first kappa shape index (κ1) is 14.9. The highest BCUT2D eigenvalue weighted by Crippen LogP contribution is 2.04. The van der Waals surface area contributed by atoms with Crippen LogP contribution in [-0.2, 0) is 11.3 Å². The average Bonchev–Trinajstić information content (AvgIpc) is 2.71. The van der Waals surface area contributed by atoms with Crippen molar-refractivity contribution in [2.75, 3.05) is 0 Å². The number of hydrogen-bond donors (Lipinski definition) is 3. The van der Waals surface area contributed by atoms with E-state index in [1.165, 1.54) is 0 Å². The standard InChI is InChI=1S/C11H18N4O4/c1-6(2)4-8(10(16)17)14-11(18)12-5-9-13-7(3)15-19-9/h6,8H,4-5H2,1-3H3,(H,16,17)(H2,12,14,18)/t8-/m0/s1. The first-order chi connectivity index (χ1) is 8.88. The van der Waals surface area contributed by atoms with Crippen LogP contribution in [0.25, 0.3) is 0 Å². The fourth-order valence-corrected chi connectivity index (χ4v) is 1.47. The number of rotatable bonds is 6. The van der Waals surface area contributed by atoms with Crippen molar-refractivity contribution in [3.63, 3.8) is 0 Å². The molecule has 0 unspecified atom stereocenters. The summed E-state index contributed by atoms with van der Waals surface area (Å²) in [5.74, 6) is -0.152. The van der Waals surface area contributed by atoms with Crippen molar-refractivity contribution in [2.45, 2.75) is 39.8 Å². The van der Waals surface area contributed by atoms with Gasteiger partial charge in [0.1, 0.15) is 6.04 Å². The zero-order valence-electron chi connectivity index (χ0n) is 11.1. The van der Waals surface area contributed by atoms with Crippen LogP contribution in [0.2, 0.25) is 0 Å². The Morgan fingerprint density at radius 2 is 2.11 bits per heavy atom. The summed E-state index contributed by atoms with van der Waals surface area (Å²) in [6.45, 7) is 5.49. The Morgan fingerprint density at radius 1 is 1.42 bits per heavy atom. The SMILES string of the molecule is Cc1noc(CNC(=O)N[C@@H](CC(C)C)C(=O)O)n1. The van der Waals surface area contributed by atoms with Crippen LogP contribution >= 0.6 is 0 Å². The molecule has 19 heavy (non-hydrogen) atoms. The number of urea groups is 1. The third kappa shape index (κ3) is 5.36. The lowest BCUT2D eigenvalue weighted by Gasteiger charge is -2.16. The summed E-state index contributed by atoms with van der Waals surface area (Å²) in [6.07, 6.45) is 0.364. The van der Waals surface area contributed by atoms with Gasteiger partial charge in [-0.3, -0.25) is 0 Å². The minimum Gasteiger partial charge on any atom is -0.480 e. The molecule has 0 aliphatic heterocycles. The maximum absolute atomic E-state index is 11.5. The Balaban J connectivity index is 2.42. The molecule has 1 atom stereocenters. The number of carboxylic acids is 1. The molecule has 0 aliphatic rings. The number of aryl methyl sites for hydroxylation is 1. The van der Waals surface area contributed by atoms with Gasteiger partial charge in [-0.25, -0.2) is 9.59 Å². The number of hydrogen-bond acceptors (Lipinski definition) is 5. The molecule has 1 heterocycles. The van der Waals surface area contributed by atoms with Crippen LogP contribution < -0.4 is 10.6 Å². The summed E-state index contributed by atoms with van der Waals surface area (Å²) < 4.78 is 4.81. The molecule has 0 aromatic carbocycles. The van der Waals surface area contributed by atoms with E-state index in [1.54, 1.807) is 6.92 Å². The Kier molecular flexibility index (Phi) is 5.28. The topological polar surface area (TPSA) is 117 Å². The van der Waals surface area contributed by atoms with E-state index in [2.05, 4.69) is 20.8 Å². The molecule has 1 aromatic heterocycles. The van der Waals surface area contributed by atoms with E-state index >= 15 is 0 Å². The van der Waals surface area contributed by atoms with E-state index in [0.717, 1.165) is 0 Å². The third-order valence-corrected chi connectivity index (χ3v) is 2.28.